The number of aliphatic hydroxyl groups is 3. The normalized spacial score (nSPS) is 39.6. The highest BCUT2D eigenvalue weighted by molar-refractivity contribution is 4.89. The second-order valence-electron chi connectivity index (χ2n) is 3.58. The quantitative estimate of drug-likeness (QED) is 0.402. The fraction of sp³-hybridized carbons (Fsp3) is 0.800. The van der Waals surface area contributed by atoms with Gasteiger partial charge < -0.3 is 29.5 Å². The maximum absolute atomic E-state index is 9.62. The van der Waals surface area contributed by atoms with Crippen LogP contribution in [0.2, 0.25) is 0 Å². The molecule has 1 heterocycles. The molecule has 0 aromatic carbocycles. The van der Waals surface area contributed by atoms with Crippen LogP contribution in [0.25, 0.3) is 0 Å². The lowest BCUT2D eigenvalue weighted by Gasteiger charge is -2.39. The molecule has 0 saturated carbocycles. The van der Waals surface area contributed by atoms with E-state index in [0.29, 0.717) is 6.61 Å². The average molecular weight is 234 g/mol. The molecule has 0 radical (unpaired) electrons. The van der Waals surface area contributed by atoms with Gasteiger partial charge in [-0.2, -0.15) is 0 Å². The zero-order valence-electron chi connectivity index (χ0n) is 9.15. The lowest BCUT2D eigenvalue weighted by Crippen LogP contribution is -2.59. The van der Waals surface area contributed by atoms with Crippen LogP contribution in [0.5, 0.6) is 0 Å². The highest BCUT2D eigenvalue weighted by atomic mass is 16.7. The zero-order chi connectivity index (χ0) is 12.1. The molecule has 6 heteroatoms. The molecule has 0 bridgehead atoms. The smallest absolute Gasteiger partial charge is 0.186 e. The average Bonchev–Trinajstić information content (AvgIpc) is 2.29. The predicted octanol–water partition coefficient (Wildman–Crippen LogP) is -1.36. The van der Waals surface area contributed by atoms with Gasteiger partial charge in [-0.1, -0.05) is 6.08 Å². The maximum atomic E-state index is 9.62. The van der Waals surface area contributed by atoms with Crippen LogP contribution in [0.3, 0.4) is 0 Å². The minimum Gasteiger partial charge on any atom is -0.387 e. The summed E-state index contributed by atoms with van der Waals surface area (Å²) in [6, 6.07) is 0. The number of hydrogen-bond donors (Lipinski definition) is 3. The van der Waals surface area contributed by atoms with Crippen molar-refractivity contribution in [2.24, 2.45) is 0 Å². The number of ether oxygens (including phenoxy) is 3. The van der Waals surface area contributed by atoms with Gasteiger partial charge in [-0.3, -0.25) is 0 Å². The van der Waals surface area contributed by atoms with Crippen molar-refractivity contribution < 1.29 is 29.5 Å². The molecule has 0 aliphatic carbocycles. The number of hydrogen-bond acceptors (Lipinski definition) is 6. The van der Waals surface area contributed by atoms with E-state index in [1.807, 2.05) is 0 Å². The van der Waals surface area contributed by atoms with Gasteiger partial charge in [0.15, 0.2) is 6.29 Å². The summed E-state index contributed by atoms with van der Waals surface area (Å²) in [7, 11) is 1.35. The highest BCUT2D eigenvalue weighted by Gasteiger charge is 2.43. The van der Waals surface area contributed by atoms with E-state index in [2.05, 4.69) is 6.58 Å². The number of aliphatic hydroxyl groups excluding tert-OH is 3. The van der Waals surface area contributed by atoms with Crippen molar-refractivity contribution in [3.63, 3.8) is 0 Å². The summed E-state index contributed by atoms with van der Waals surface area (Å²) in [6.07, 6.45) is -3.91. The van der Waals surface area contributed by atoms with Crippen molar-refractivity contribution in [3.8, 4) is 0 Å². The van der Waals surface area contributed by atoms with Crippen molar-refractivity contribution in [1.29, 1.82) is 0 Å². The Balaban J connectivity index is 2.53. The largest absolute Gasteiger partial charge is 0.387 e. The van der Waals surface area contributed by atoms with E-state index in [-0.39, 0.29) is 6.61 Å². The molecule has 3 N–H and O–H groups in total. The van der Waals surface area contributed by atoms with Gasteiger partial charge in [0.1, 0.15) is 24.4 Å². The Hall–Kier alpha value is -0.500. The molecule has 0 spiro atoms. The fourth-order valence-corrected chi connectivity index (χ4v) is 1.52. The van der Waals surface area contributed by atoms with Gasteiger partial charge in [-0.25, -0.2) is 0 Å². The second kappa shape index (κ2) is 6.29. The van der Waals surface area contributed by atoms with Gasteiger partial charge in [0, 0.05) is 7.11 Å². The van der Waals surface area contributed by atoms with Crippen molar-refractivity contribution in [2.75, 3.05) is 20.3 Å². The lowest BCUT2D eigenvalue weighted by molar-refractivity contribution is -0.295. The van der Waals surface area contributed by atoms with Crippen molar-refractivity contribution >= 4 is 0 Å². The molecule has 0 amide bonds. The molecular formula is C10H18O6. The Labute approximate surface area is 94.1 Å². The van der Waals surface area contributed by atoms with Gasteiger partial charge >= 0.3 is 0 Å². The van der Waals surface area contributed by atoms with E-state index in [1.54, 1.807) is 6.08 Å². The number of methoxy groups -OCH3 is 1. The van der Waals surface area contributed by atoms with Crippen molar-refractivity contribution in [1.82, 2.24) is 0 Å². The van der Waals surface area contributed by atoms with Crippen LogP contribution in [0.4, 0.5) is 0 Å². The third-order valence-corrected chi connectivity index (χ3v) is 2.42. The Morgan fingerprint density at radius 3 is 2.50 bits per heavy atom. The molecule has 1 aliphatic rings. The fourth-order valence-electron chi connectivity index (χ4n) is 1.52. The lowest BCUT2D eigenvalue weighted by atomic mass is 9.99. The summed E-state index contributed by atoms with van der Waals surface area (Å²) >= 11 is 0. The van der Waals surface area contributed by atoms with Crippen LogP contribution in [0, 0.1) is 0 Å². The Morgan fingerprint density at radius 2 is 1.94 bits per heavy atom. The first kappa shape index (κ1) is 13.6. The van der Waals surface area contributed by atoms with Crippen LogP contribution in [-0.2, 0) is 14.2 Å². The highest BCUT2D eigenvalue weighted by Crippen LogP contribution is 2.21. The van der Waals surface area contributed by atoms with Gasteiger partial charge in [-0.15, -0.1) is 6.58 Å². The van der Waals surface area contributed by atoms with Gasteiger partial charge in [-0.05, 0) is 0 Å². The molecule has 16 heavy (non-hydrogen) atoms. The molecule has 94 valence electrons. The maximum Gasteiger partial charge on any atom is 0.186 e. The summed E-state index contributed by atoms with van der Waals surface area (Å²) in [4.78, 5) is 0. The summed E-state index contributed by atoms with van der Waals surface area (Å²) in [5.41, 5.74) is 0. The first-order valence-electron chi connectivity index (χ1n) is 5.03. The Bertz CT molecular complexity index is 219. The van der Waals surface area contributed by atoms with E-state index in [0.717, 1.165) is 0 Å². The molecule has 1 rings (SSSR count). The second-order valence-corrected chi connectivity index (χ2v) is 3.58. The van der Waals surface area contributed by atoms with Crippen LogP contribution >= 0.6 is 0 Å². The molecule has 0 aromatic heterocycles. The van der Waals surface area contributed by atoms with Gasteiger partial charge in [0.25, 0.3) is 0 Å². The molecule has 6 nitrogen and oxygen atoms in total. The number of rotatable bonds is 5. The van der Waals surface area contributed by atoms with Gasteiger partial charge in [0.2, 0.25) is 0 Å². The Kier molecular flexibility index (Phi) is 5.33. The summed E-state index contributed by atoms with van der Waals surface area (Å²) in [5, 5.41) is 28.6. The third kappa shape index (κ3) is 3.00. The van der Waals surface area contributed by atoms with E-state index in [9.17, 15) is 15.3 Å². The summed E-state index contributed by atoms with van der Waals surface area (Å²) in [6.45, 7) is 3.89. The molecule has 1 fully saturated rings. The van der Waals surface area contributed by atoms with Crippen LogP contribution in [0.15, 0.2) is 12.7 Å². The summed E-state index contributed by atoms with van der Waals surface area (Å²) < 4.78 is 15.2. The van der Waals surface area contributed by atoms with Crippen molar-refractivity contribution in [2.45, 2.75) is 30.7 Å². The predicted molar refractivity (Wildman–Crippen MR) is 54.7 cm³/mol. The first-order chi connectivity index (χ1) is 7.61. The SMILES string of the molecule is C=CCOC[C@H]1O[C@H](OC)[C@H](O)[C@@H](O)[C@@H]1O. The topological polar surface area (TPSA) is 88.4 Å². The van der Waals surface area contributed by atoms with Crippen molar-refractivity contribution in [3.05, 3.63) is 12.7 Å². The standard InChI is InChI=1S/C10H18O6/c1-3-4-15-5-6-7(11)8(12)9(13)10(14-2)16-6/h3,6-13H,1,4-5H2,2H3/t6-,7-,8+,9-,10+/m1/s1. The van der Waals surface area contributed by atoms with Gasteiger partial charge in [0.05, 0.1) is 13.2 Å². The van der Waals surface area contributed by atoms with E-state index < -0.39 is 30.7 Å². The molecule has 5 atom stereocenters. The minimum absolute atomic E-state index is 0.0941. The van der Waals surface area contributed by atoms with Crippen LogP contribution < -0.4 is 0 Å². The van der Waals surface area contributed by atoms with Crippen LogP contribution in [-0.4, -0.2) is 66.3 Å². The molecule has 0 unspecified atom stereocenters. The van der Waals surface area contributed by atoms with Crippen LogP contribution in [0.1, 0.15) is 0 Å². The molecular weight excluding hydrogens is 216 g/mol. The first-order valence-corrected chi connectivity index (χ1v) is 5.03. The Morgan fingerprint density at radius 1 is 1.25 bits per heavy atom. The van der Waals surface area contributed by atoms with E-state index in [1.165, 1.54) is 7.11 Å². The summed E-state index contributed by atoms with van der Waals surface area (Å²) in [5.74, 6) is 0. The molecule has 1 aliphatic heterocycles. The zero-order valence-corrected chi connectivity index (χ0v) is 9.15. The van der Waals surface area contributed by atoms with E-state index >= 15 is 0 Å². The molecule has 0 aromatic rings. The monoisotopic (exact) mass is 234 g/mol. The molecule has 1 saturated heterocycles. The minimum atomic E-state index is -1.31. The third-order valence-electron chi connectivity index (χ3n) is 2.42. The van der Waals surface area contributed by atoms with E-state index in [4.69, 9.17) is 14.2 Å².